The fourth-order valence-electron chi connectivity index (χ4n) is 2.06. The van der Waals surface area contributed by atoms with Crippen molar-refractivity contribution in [2.45, 2.75) is 10.9 Å². The molecule has 0 aliphatic heterocycles. The van der Waals surface area contributed by atoms with Crippen LogP contribution in [0.25, 0.3) is 11.4 Å². The van der Waals surface area contributed by atoms with Crippen molar-refractivity contribution in [3.63, 3.8) is 0 Å². The number of hydrogen-bond donors (Lipinski definition) is 1. The molecule has 0 saturated heterocycles. The molecular formula is C15H12FN5O2S. The van der Waals surface area contributed by atoms with Crippen LogP contribution in [0.1, 0.15) is 5.56 Å². The Kier molecular flexibility index (Phi) is 4.43. The molecule has 9 heteroatoms. The number of nitro groups is 1. The Morgan fingerprint density at radius 3 is 2.54 bits per heavy atom. The Labute approximate surface area is 140 Å². The highest BCUT2D eigenvalue weighted by Crippen LogP contribution is 2.26. The molecule has 0 saturated carbocycles. The van der Waals surface area contributed by atoms with E-state index in [-0.39, 0.29) is 17.1 Å². The molecule has 2 N–H and O–H groups in total. The summed E-state index contributed by atoms with van der Waals surface area (Å²) >= 11 is 1.31. The lowest BCUT2D eigenvalue weighted by Gasteiger charge is -2.04. The van der Waals surface area contributed by atoms with E-state index in [9.17, 15) is 14.5 Å². The van der Waals surface area contributed by atoms with Crippen LogP contribution in [0.4, 0.5) is 10.1 Å². The zero-order valence-corrected chi connectivity index (χ0v) is 13.1. The summed E-state index contributed by atoms with van der Waals surface area (Å²) in [5.74, 6) is 6.26. The maximum atomic E-state index is 13.8. The average molecular weight is 345 g/mol. The third-order valence-electron chi connectivity index (χ3n) is 3.29. The van der Waals surface area contributed by atoms with Gasteiger partial charge in [-0.1, -0.05) is 36.0 Å². The number of nitrogens with two attached hydrogens (primary N) is 1. The molecule has 0 bridgehead atoms. The van der Waals surface area contributed by atoms with Crippen molar-refractivity contribution in [1.82, 2.24) is 14.9 Å². The summed E-state index contributed by atoms with van der Waals surface area (Å²) in [7, 11) is 0. The molecule has 24 heavy (non-hydrogen) atoms. The largest absolute Gasteiger partial charge is 0.335 e. The van der Waals surface area contributed by atoms with Gasteiger partial charge in [-0.05, 0) is 17.7 Å². The summed E-state index contributed by atoms with van der Waals surface area (Å²) < 4.78 is 15.1. The van der Waals surface area contributed by atoms with Gasteiger partial charge in [0, 0.05) is 17.9 Å². The van der Waals surface area contributed by atoms with Gasteiger partial charge in [-0.2, -0.15) is 0 Å². The van der Waals surface area contributed by atoms with Crippen molar-refractivity contribution in [3.8, 4) is 11.4 Å². The number of benzene rings is 2. The van der Waals surface area contributed by atoms with Crippen molar-refractivity contribution in [1.29, 1.82) is 0 Å². The first-order valence-corrected chi connectivity index (χ1v) is 7.86. The monoisotopic (exact) mass is 345 g/mol. The summed E-state index contributed by atoms with van der Waals surface area (Å²) in [6.45, 7) is 0. The molecule has 122 valence electrons. The number of nitro benzene ring substituents is 1. The maximum absolute atomic E-state index is 13.8. The van der Waals surface area contributed by atoms with Gasteiger partial charge in [0.25, 0.3) is 5.69 Å². The summed E-state index contributed by atoms with van der Waals surface area (Å²) in [6.07, 6.45) is 0. The van der Waals surface area contributed by atoms with E-state index < -0.39 is 10.7 Å². The van der Waals surface area contributed by atoms with E-state index in [1.54, 1.807) is 30.3 Å². The third-order valence-corrected chi connectivity index (χ3v) is 4.31. The number of thioether (sulfide) groups is 1. The van der Waals surface area contributed by atoms with Gasteiger partial charge in [0.05, 0.1) is 10.5 Å². The van der Waals surface area contributed by atoms with Gasteiger partial charge in [-0.25, -0.2) is 9.07 Å². The summed E-state index contributed by atoms with van der Waals surface area (Å²) in [5, 5.41) is 19.0. The van der Waals surface area contributed by atoms with Crippen LogP contribution in [-0.2, 0) is 5.75 Å². The number of nitrogen functional groups attached to an aromatic ring is 1. The Bertz CT molecular complexity index is 882. The zero-order chi connectivity index (χ0) is 17.1. The second-order valence-electron chi connectivity index (χ2n) is 4.87. The molecule has 3 rings (SSSR count). The minimum atomic E-state index is -0.450. The average Bonchev–Trinajstić information content (AvgIpc) is 2.94. The molecule has 0 fully saturated rings. The number of halogens is 1. The van der Waals surface area contributed by atoms with Crippen LogP contribution in [0.15, 0.2) is 53.7 Å². The highest BCUT2D eigenvalue weighted by molar-refractivity contribution is 7.98. The minimum absolute atomic E-state index is 0.0348. The third kappa shape index (κ3) is 3.20. The maximum Gasteiger partial charge on any atom is 0.269 e. The SMILES string of the molecule is Nn1c(SCc2ccc([N+](=O)[O-])cc2)nnc1-c1ccccc1F. The van der Waals surface area contributed by atoms with E-state index >= 15 is 0 Å². The predicted molar refractivity (Wildman–Crippen MR) is 88.2 cm³/mol. The lowest BCUT2D eigenvalue weighted by molar-refractivity contribution is -0.384. The fraction of sp³-hybridized carbons (Fsp3) is 0.0667. The number of nitrogens with zero attached hydrogens (tertiary/aromatic N) is 4. The van der Waals surface area contributed by atoms with Crippen LogP contribution in [0.2, 0.25) is 0 Å². The van der Waals surface area contributed by atoms with Crippen LogP contribution >= 0.6 is 11.8 Å². The number of aromatic nitrogens is 3. The van der Waals surface area contributed by atoms with E-state index in [1.807, 2.05) is 0 Å². The first-order valence-electron chi connectivity index (χ1n) is 6.88. The second kappa shape index (κ2) is 6.67. The summed E-state index contributed by atoms with van der Waals surface area (Å²) in [6, 6.07) is 12.4. The first-order chi connectivity index (χ1) is 11.6. The van der Waals surface area contributed by atoms with Crippen molar-refractivity contribution in [3.05, 3.63) is 70.0 Å². The number of hydrogen-bond acceptors (Lipinski definition) is 6. The van der Waals surface area contributed by atoms with Gasteiger partial charge >= 0.3 is 0 Å². The predicted octanol–water partition coefficient (Wildman–Crippen LogP) is 3.00. The van der Waals surface area contributed by atoms with Gasteiger partial charge < -0.3 is 5.84 Å². The van der Waals surface area contributed by atoms with E-state index in [4.69, 9.17) is 5.84 Å². The zero-order valence-electron chi connectivity index (χ0n) is 12.3. The molecule has 0 aliphatic carbocycles. The smallest absolute Gasteiger partial charge is 0.269 e. The molecule has 0 aliphatic rings. The normalized spacial score (nSPS) is 10.7. The van der Waals surface area contributed by atoms with Gasteiger partial charge in [0.1, 0.15) is 5.82 Å². The quantitative estimate of drug-likeness (QED) is 0.330. The Morgan fingerprint density at radius 1 is 1.17 bits per heavy atom. The summed E-state index contributed by atoms with van der Waals surface area (Å²) in [4.78, 5) is 10.2. The van der Waals surface area contributed by atoms with E-state index in [0.717, 1.165) is 5.56 Å². The van der Waals surface area contributed by atoms with Gasteiger partial charge in [-0.15, -0.1) is 10.2 Å². The molecule has 0 spiro atoms. The Balaban J connectivity index is 1.75. The van der Waals surface area contributed by atoms with Crippen molar-refractivity contribution >= 4 is 17.4 Å². The molecule has 1 aromatic heterocycles. The molecule has 0 radical (unpaired) electrons. The molecule has 2 aromatic carbocycles. The van der Waals surface area contributed by atoms with Crippen molar-refractivity contribution in [2.24, 2.45) is 0 Å². The lowest BCUT2D eigenvalue weighted by Crippen LogP contribution is -2.12. The Morgan fingerprint density at radius 2 is 1.88 bits per heavy atom. The number of non-ortho nitro benzene ring substituents is 1. The van der Waals surface area contributed by atoms with Crippen LogP contribution in [0, 0.1) is 15.9 Å². The van der Waals surface area contributed by atoms with Crippen LogP contribution in [0.5, 0.6) is 0 Å². The van der Waals surface area contributed by atoms with Crippen molar-refractivity contribution in [2.75, 3.05) is 5.84 Å². The molecule has 0 unspecified atom stereocenters. The summed E-state index contributed by atoms with van der Waals surface area (Å²) in [5.41, 5.74) is 1.18. The van der Waals surface area contributed by atoms with E-state index in [1.165, 1.54) is 34.6 Å². The molecule has 1 heterocycles. The van der Waals surface area contributed by atoms with Crippen LogP contribution < -0.4 is 5.84 Å². The molecule has 7 nitrogen and oxygen atoms in total. The molecule has 0 atom stereocenters. The van der Waals surface area contributed by atoms with E-state index in [0.29, 0.717) is 10.9 Å². The highest BCUT2D eigenvalue weighted by atomic mass is 32.2. The topological polar surface area (TPSA) is 99.9 Å². The van der Waals surface area contributed by atoms with Gasteiger partial charge in [0.15, 0.2) is 5.82 Å². The van der Waals surface area contributed by atoms with E-state index in [2.05, 4.69) is 10.2 Å². The first kappa shape index (κ1) is 15.9. The highest BCUT2D eigenvalue weighted by Gasteiger charge is 2.15. The number of rotatable bonds is 5. The molecule has 3 aromatic rings. The van der Waals surface area contributed by atoms with Gasteiger partial charge in [-0.3, -0.25) is 10.1 Å². The standard InChI is InChI=1S/C15H12FN5O2S/c16-13-4-2-1-3-12(13)14-18-19-15(20(14)17)24-9-10-5-7-11(8-6-10)21(22)23/h1-8H,9,17H2. The Hall–Kier alpha value is -2.94. The second-order valence-corrected chi connectivity index (χ2v) is 5.81. The van der Waals surface area contributed by atoms with Crippen LogP contribution in [-0.4, -0.2) is 19.8 Å². The minimum Gasteiger partial charge on any atom is -0.335 e. The van der Waals surface area contributed by atoms with Crippen molar-refractivity contribution < 1.29 is 9.31 Å². The molecular weight excluding hydrogens is 333 g/mol. The molecule has 0 amide bonds. The lowest BCUT2D eigenvalue weighted by atomic mass is 10.2. The van der Waals surface area contributed by atoms with Gasteiger partial charge in [0.2, 0.25) is 5.16 Å². The fourth-order valence-corrected chi connectivity index (χ4v) is 2.88. The van der Waals surface area contributed by atoms with Crippen LogP contribution in [0.3, 0.4) is 0 Å².